The number of rotatable bonds is 3. The molecule has 0 N–H and O–H groups in total. The van der Waals surface area contributed by atoms with Crippen LogP contribution in [0.25, 0.3) is 0 Å². The lowest BCUT2D eigenvalue weighted by atomic mass is 9.46. The fraction of sp³-hybridized carbons (Fsp3) is 0.783. The minimum absolute atomic E-state index is 0.0111. The third-order valence-corrected chi connectivity index (χ3v) is 9.48. The Hall–Kier alpha value is -0.970. The molecule has 154 valence electrons. The molecule has 6 atom stereocenters. The minimum atomic E-state index is -0.989. The van der Waals surface area contributed by atoms with Crippen LogP contribution in [-0.2, 0) is 19.1 Å². The summed E-state index contributed by atoms with van der Waals surface area (Å²) in [4.78, 5) is 37.0. The standard InChI is InChI=1S/C23H31BrO4/c1-14(25)28-23(20(27)13-24)11-8-19-17-5-4-15-12-16(26)6-9-21(15,2)18(17)7-10-22(19,23)3/h12,17-19H,4-11,13H2,1-3H3/t17-,18+,19+,21+,22+,23-/m1/s1. The van der Waals surface area contributed by atoms with E-state index in [1.807, 2.05) is 6.08 Å². The molecule has 4 aliphatic carbocycles. The second kappa shape index (κ2) is 6.78. The van der Waals surface area contributed by atoms with Crippen LogP contribution in [0.15, 0.2) is 11.6 Å². The van der Waals surface area contributed by atoms with Crippen molar-refractivity contribution in [2.24, 2.45) is 28.6 Å². The summed E-state index contributed by atoms with van der Waals surface area (Å²) in [6.07, 6.45) is 9.14. The van der Waals surface area contributed by atoms with E-state index in [0.717, 1.165) is 38.5 Å². The Kier molecular flexibility index (Phi) is 4.92. The smallest absolute Gasteiger partial charge is 0.303 e. The average Bonchev–Trinajstić information content (AvgIpc) is 2.94. The molecule has 5 heteroatoms. The van der Waals surface area contributed by atoms with Crippen molar-refractivity contribution in [2.45, 2.75) is 77.7 Å². The van der Waals surface area contributed by atoms with Crippen LogP contribution in [0.2, 0.25) is 0 Å². The van der Waals surface area contributed by atoms with Gasteiger partial charge in [-0.25, -0.2) is 0 Å². The van der Waals surface area contributed by atoms with Crippen LogP contribution in [0.1, 0.15) is 72.1 Å². The highest BCUT2D eigenvalue weighted by atomic mass is 79.9. The van der Waals surface area contributed by atoms with Crippen LogP contribution in [0.4, 0.5) is 0 Å². The third-order valence-electron chi connectivity index (χ3n) is 8.97. The Morgan fingerprint density at radius 2 is 1.82 bits per heavy atom. The highest BCUT2D eigenvalue weighted by Crippen LogP contribution is 2.68. The summed E-state index contributed by atoms with van der Waals surface area (Å²) in [7, 11) is 0. The number of allylic oxidation sites excluding steroid dienone is 1. The summed E-state index contributed by atoms with van der Waals surface area (Å²) >= 11 is 3.34. The molecule has 4 aliphatic rings. The molecule has 0 aromatic rings. The number of halogens is 1. The van der Waals surface area contributed by atoms with Gasteiger partial charge in [0.15, 0.2) is 17.2 Å². The number of Topliss-reactive ketones (excluding diaryl/α,β-unsaturated/α-hetero) is 1. The molecule has 0 spiro atoms. The number of ether oxygens (including phenoxy) is 1. The molecule has 3 saturated carbocycles. The molecule has 0 aromatic carbocycles. The van der Waals surface area contributed by atoms with Gasteiger partial charge in [-0.15, -0.1) is 0 Å². The number of esters is 1. The Labute approximate surface area is 176 Å². The number of hydrogen-bond donors (Lipinski definition) is 0. The monoisotopic (exact) mass is 450 g/mol. The van der Waals surface area contributed by atoms with Gasteiger partial charge in [-0.05, 0) is 74.2 Å². The van der Waals surface area contributed by atoms with Gasteiger partial charge >= 0.3 is 5.97 Å². The lowest BCUT2D eigenvalue weighted by molar-refractivity contribution is -0.186. The lowest BCUT2D eigenvalue weighted by Gasteiger charge is -2.59. The fourth-order valence-electron chi connectivity index (χ4n) is 7.59. The predicted molar refractivity (Wildman–Crippen MR) is 110 cm³/mol. The molecule has 0 aromatic heterocycles. The van der Waals surface area contributed by atoms with Crippen LogP contribution in [-0.4, -0.2) is 28.5 Å². The Bertz CT molecular complexity index is 758. The van der Waals surface area contributed by atoms with Crippen LogP contribution in [0.3, 0.4) is 0 Å². The number of alkyl halides is 1. The van der Waals surface area contributed by atoms with E-state index in [1.165, 1.54) is 12.5 Å². The van der Waals surface area contributed by atoms with Gasteiger partial charge < -0.3 is 4.74 Å². The normalized spacial score (nSPS) is 44.8. The number of fused-ring (bicyclic) bond motifs is 5. The van der Waals surface area contributed by atoms with E-state index >= 15 is 0 Å². The van der Waals surface area contributed by atoms with Crippen molar-refractivity contribution >= 4 is 33.5 Å². The lowest BCUT2D eigenvalue weighted by Crippen LogP contribution is -2.59. The number of carbonyl (C=O) groups excluding carboxylic acids is 3. The Morgan fingerprint density at radius 3 is 2.50 bits per heavy atom. The molecule has 4 rings (SSSR count). The molecule has 0 heterocycles. The molecule has 0 amide bonds. The summed E-state index contributed by atoms with van der Waals surface area (Å²) in [5.74, 6) is 1.43. The average molecular weight is 451 g/mol. The summed E-state index contributed by atoms with van der Waals surface area (Å²) in [5.41, 5.74) is 0.184. The zero-order valence-corrected chi connectivity index (χ0v) is 18.8. The molecule has 0 aliphatic heterocycles. The van der Waals surface area contributed by atoms with Gasteiger partial charge in [0, 0.05) is 18.8 Å². The maximum atomic E-state index is 13.0. The number of carbonyl (C=O) groups is 3. The first-order valence-electron chi connectivity index (χ1n) is 10.7. The van der Waals surface area contributed by atoms with Crippen LogP contribution >= 0.6 is 15.9 Å². The van der Waals surface area contributed by atoms with E-state index in [1.54, 1.807) is 0 Å². The van der Waals surface area contributed by atoms with Crippen molar-refractivity contribution in [1.82, 2.24) is 0 Å². The van der Waals surface area contributed by atoms with Crippen LogP contribution in [0, 0.1) is 28.6 Å². The minimum Gasteiger partial charge on any atom is -0.451 e. The third kappa shape index (κ3) is 2.64. The zero-order chi connectivity index (χ0) is 20.3. The predicted octanol–water partition coefficient (Wildman–Crippen LogP) is 4.78. The topological polar surface area (TPSA) is 60.4 Å². The van der Waals surface area contributed by atoms with Crippen molar-refractivity contribution in [1.29, 1.82) is 0 Å². The van der Waals surface area contributed by atoms with Crippen molar-refractivity contribution in [2.75, 3.05) is 5.33 Å². The van der Waals surface area contributed by atoms with Crippen LogP contribution in [0.5, 0.6) is 0 Å². The van der Waals surface area contributed by atoms with Gasteiger partial charge in [0.25, 0.3) is 0 Å². The fourth-order valence-corrected chi connectivity index (χ4v) is 8.05. The van der Waals surface area contributed by atoms with E-state index < -0.39 is 5.60 Å². The van der Waals surface area contributed by atoms with Gasteiger partial charge in [0.2, 0.25) is 0 Å². The van der Waals surface area contributed by atoms with Crippen molar-refractivity contribution in [3.8, 4) is 0 Å². The van der Waals surface area contributed by atoms with Gasteiger partial charge in [0.1, 0.15) is 0 Å². The molecule has 0 saturated heterocycles. The molecule has 0 radical (unpaired) electrons. The van der Waals surface area contributed by atoms with E-state index in [4.69, 9.17) is 4.74 Å². The Balaban J connectivity index is 1.70. The Morgan fingerprint density at radius 1 is 1.11 bits per heavy atom. The SMILES string of the molecule is CC(=O)O[C@@]1(C(=O)CBr)CC[C@H]2[C@@H]3CCC4=CC(=O)CC[C@]4(C)[C@H]3CC[C@@]21C. The van der Waals surface area contributed by atoms with Gasteiger partial charge in [-0.3, -0.25) is 14.4 Å². The molecule has 28 heavy (non-hydrogen) atoms. The van der Waals surface area contributed by atoms with E-state index in [-0.39, 0.29) is 33.7 Å². The quantitative estimate of drug-likeness (QED) is 0.458. The van der Waals surface area contributed by atoms with Gasteiger partial charge in [-0.1, -0.05) is 35.4 Å². The molecule has 0 unspecified atom stereocenters. The maximum Gasteiger partial charge on any atom is 0.303 e. The molecular weight excluding hydrogens is 420 g/mol. The van der Waals surface area contributed by atoms with E-state index in [0.29, 0.717) is 30.6 Å². The maximum absolute atomic E-state index is 13.0. The molecule has 4 nitrogen and oxygen atoms in total. The van der Waals surface area contributed by atoms with Gasteiger partial charge in [-0.2, -0.15) is 0 Å². The first-order valence-corrected chi connectivity index (χ1v) is 11.8. The van der Waals surface area contributed by atoms with E-state index in [9.17, 15) is 14.4 Å². The van der Waals surface area contributed by atoms with Gasteiger partial charge in [0.05, 0.1) is 5.33 Å². The summed E-state index contributed by atoms with van der Waals surface area (Å²) in [6, 6.07) is 0. The van der Waals surface area contributed by atoms with Crippen molar-refractivity contribution in [3.05, 3.63) is 11.6 Å². The number of hydrogen-bond acceptors (Lipinski definition) is 4. The van der Waals surface area contributed by atoms with Crippen molar-refractivity contribution < 1.29 is 19.1 Å². The second-order valence-electron chi connectivity index (χ2n) is 9.94. The largest absolute Gasteiger partial charge is 0.451 e. The highest BCUT2D eigenvalue weighted by molar-refractivity contribution is 9.09. The molecular formula is C23H31BrO4. The second-order valence-corrected chi connectivity index (χ2v) is 10.5. The van der Waals surface area contributed by atoms with E-state index in [2.05, 4.69) is 29.8 Å². The summed E-state index contributed by atoms with van der Waals surface area (Å²) in [5, 5.41) is 0.226. The van der Waals surface area contributed by atoms with Crippen molar-refractivity contribution in [3.63, 3.8) is 0 Å². The van der Waals surface area contributed by atoms with Crippen LogP contribution < -0.4 is 0 Å². The first kappa shape index (κ1) is 20.3. The number of ketones is 2. The summed E-state index contributed by atoms with van der Waals surface area (Å²) in [6.45, 7) is 5.98. The summed E-state index contributed by atoms with van der Waals surface area (Å²) < 4.78 is 5.88. The zero-order valence-electron chi connectivity index (χ0n) is 17.2. The highest BCUT2D eigenvalue weighted by Gasteiger charge is 2.68. The molecule has 3 fully saturated rings. The first-order chi connectivity index (χ1) is 13.2. The molecule has 0 bridgehead atoms.